The molecule has 14 N–H and O–H groups in total. The summed E-state index contributed by atoms with van der Waals surface area (Å²) in [4.78, 5) is 54.1. The minimum atomic E-state index is -5.20. The van der Waals surface area contributed by atoms with Gasteiger partial charge >= 0.3 is 27.6 Å². The van der Waals surface area contributed by atoms with Crippen LogP contribution in [-0.4, -0.2) is 145 Å². The molecule has 0 aliphatic heterocycles. The van der Waals surface area contributed by atoms with E-state index in [1.165, 1.54) is 0 Å². The first-order valence-electron chi connectivity index (χ1n) is 8.43. The van der Waals surface area contributed by atoms with Crippen molar-refractivity contribution in [2.45, 2.75) is 48.8 Å². The van der Waals surface area contributed by atoms with Gasteiger partial charge in [-0.1, -0.05) is 0 Å². The zero-order chi connectivity index (χ0) is 27.6. The first kappa shape index (κ1) is 35.0. The zero-order valence-electron chi connectivity index (χ0n) is 16.6. The summed E-state index contributed by atoms with van der Waals surface area (Å²) in [5.41, 5.74) is 0. The Bertz CT molecular complexity index is 718. The molecule has 0 aromatic heterocycles. The normalized spacial score (nSPS) is 19.4. The molecule has 0 heterocycles. The molecule has 20 nitrogen and oxygen atoms in total. The second-order valence-corrected chi connectivity index (χ2v) is 8.64. The van der Waals surface area contributed by atoms with Crippen LogP contribution in [0.4, 0.5) is 0 Å². The second-order valence-electron chi connectivity index (χ2n) is 6.20. The third kappa shape index (κ3) is 14.3. The van der Waals surface area contributed by atoms with E-state index in [1.54, 1.807) is 0 Å². The van der Waals surface area contributed by atoms with Crippen LogP contribution in [0, 0.1) is 0 Å². The van der Waals surface area contributed by atoms with Gasteiger partial charge in [0.05, 0.1) is 13.2 Å². The van der Waals surface area contributed by atoms with Crippen LogP contribution >= 0.6 is 15.6 Å². The highest BCUT2D eigenvalue weighted by molar-refractivity contribution is 7.46. The van der Waals surface area contributed by atoms with Crippen molar-refractivity contribution in [1.29, 1.82) is 0 Å². The molecule has 0 aliphatic rings. The molecule has 0 saturated heterocycles. The van der Waals surface area contributed by atoms with Crippen LogP contribution in [0.1, 0.15) is 0 Å². The predicted octanol–water partition coefficient (Wildman–Crippen LogP) is -6.75. The van der Waals surface area contributed by atoms with Crippen LogP contribution in [0.15, 0.2) is 0 Å². The third-order valence-corrected chi connectivity index (χ3v) is 4.46. The Hall–Kier alpha value is -1.16. The quantitative estimate of drug-likeness (QED) is 0.0890. The van der Waals surface area contributed by atoms with Crippen molar-refractivity contribution >= 4 is 27.6 Å². The number of hydrogen-bond acceptors (Lipinski definition) is 14. The molecule has 0 radical (unpaired) electrons. The maximum absolute atomic E-state index is 10.6. The summed E-state index contributed by atoms with van der Waals surface area (Å²) in [6, 6.07) is 0. The van der Waals surface area contributed by atoms with Gasteiger partial charge in [-0.05, 0) is 0 Å². The van der Waals surface area contributed by atoms with Crippen LogP contribution < -0.4 is 0 Å². The van der Waals surface area contributed by atoms with E-state index >= 15 is 0 Å². The highest BCUT2D eigenvalue weighted by Crippen LogP contribution is 2.38. The number of carboxylic acid groups (broad SMARTS) is 2. The molecule has 34 heavy (non-hydrogen) atoms. The Kier molecular flexibility index (Phi) is 15.5. The summed E-state index contributed by atoms with van der Waals surface area (Å²) in [5, 5.41) is 88.7. The first-order chi connectivity index (χ1) is 15.2. The number of carboxylic acids is 2. The molecule has 0 unspecified atom stereocenters. The number of carbonyl (C=O) groups is 2. The van der Waals surface area contributed by atoms with Crippen LogP contribution in [0.25, 0.3) is 0 Å². The Morgan fingerprint density at radius 1 is 0.676 bits per heavy atom. The van der Waals surface area contributed by atoms with E-state index in [0.29, 0.717) is 0 Å². The van der Waals surface area contributed by atoms with E-state index in [9.17, 15) is 23.8 Å². The zero-order valence-corrected chi connectivity index (χ0v) is 18.4. The number of aliphatic carboxylic acids is 2. The Balaban J connectivity index is 0. The maximum Gasteiger partial charge on any atom is 0.470 e. The number of hydrogen-bond donors (Lipinski definition) is 14. The summed E-state index contributed by atoms with van der Waals surface area (Å²) in [6.07, 6.45) is -17.5. The molecule has 204 valence electrons. The lowest BCUT2D eigenvalue weighted by molar-refractivity contribution is -0.164. The molecule has 0 amide bonds. The molecule has 0 rings (SSSR count). The SMILES string of the molecule is O=C(O)[C@H](O)[C@@H](O)[C@H](O)[C@H](O)COP(=O)(O)O.O=C(O)[C@H](OP(=O)(O)O)[C@@H](O)[C@H](O)[C@H](O)CO. The van der Waals surface area contributed by atoms with Crippen molar-refractivity contribution in [1.82, 2.24) is 0 Å². The van der Waals surface area contributed by atoms with Crippen LogP contribution in [0.2, 0.25) is 0 Å². The fraction of sp³-hybridized carbons (Fsp3) is 0.833. The molecule has 0 aliphatic carbocycles. The molecule has 0 fully saturated rings. The highest BCUT2D eigenvalue weighted by atomic mass is 31.2. The van der Waals surface area contributed by atoms with Gasteiger partial charge in [0.2, 0.25) is 0 Å². The molecular formula is C12H26O20P2. The van der Waals surface area contributed by atoms with E-state index in [4.69, 9.17) is 65.5 Å². The standard InChI is InChI=1S/2C6H13O10P/c7-2(1-16-17(13,14)15)3(8)4(9)5(10)6(11)12;7-1-2(8)3(9)4(10)5(6(11)12)16-17(13,14)15/h2*2-5,7-10H,1H2,(H,11,12)(H2,13,14,15)/t2*2-,3-,4+,5-/m11/s1. The molecular weight excluding hydrogens is 526 g/mol. The highest BCUT2D eigenvalue weighted by Gasteiger charge is 2.40. The van der Waals surface area contributed by atoms with Gasteiger partial charge in [-0.2, -0.15) is 0 Å². The molecule has 0 saturated carbocycles. The van der Waals surface area contributed by atoms with Crippen molar-refractivity contribution in [3.8, 4) is 0 Å². The lowest BCUT2D eigenvalue weighted by atomic mass is 10.0. The molecule has 0 spiro atoms. The summed E-state index contributed by atoms with van der Waals surface area (Å²) in [5.74, 6) is -3.79. The summed E-state index contributed by atoms with van der Waals surface area (Å²) in [7, 11) is -10.1. The first-order valence-corrected chi connectivity index (χ1v) is 11.5. The minimum absolute atomic E-state index is 0.986. The third-order valence-electron chi connectivity index (χ3n) is 3.47. The summed E-state index contributed by atoms with van der Waals surface area (Å²) >= 11 is 0. The Morgan fingerprint density at radius 3 is 1.44 bits per heavy atom. The van der Waals surface area contributed by atoms with Crippen molar-refractivity contribution in [2.24, 2.45) is 0 Å². The average molecular weight is 552 g/mol. The Labute approximate surface area is 189 Å². The predicted molar refractivity (Wildman–Crippen MR) is 99.3 cm³/mol. The van der Waals surface area contributed by atoms with E-state index in [1.807, 2.05) is 0 Å². The topological polar surface area (TPSA) is 370 Å². The monoisotopic (exact) mass is 552 g/mol. The fourth-order valence-corrected chi connectivity index (χ4v) is 2.61. The van der Waals surface area contributed by atoms with Gasteiger partial charge in [-0.15, -0.1) is 0 Å². The number of phosphoric ester groups is 2. The largest absolute Gasteiger partial charge is 0.479 e. The summed E-state index contributed by atoms with van der Waals surface area (Å²) in [6.45, 7) is -2.03. The lowest BCUT2D eigenvalue weighted by Crippen LogP contribution is -2.49. The van der Waals surface area contributed by atoms with Gasteiger partial charge in [-0.3, -0.25) is 9.05 Å². The molecule has 22 heteroatoms. The molecule has 8 atom stereocenters. The van der Waals surface area contributed by atoms with Gasteiger partial charge in [0.1, 0.15) is 36.6 Å². The van der Waals surface area contributed by atoms with Gasteiger partial charge in [-0.25, -0.2) is 18.7 Å². The molecule has 0 bridgehead atoms. The van der Waals surface area contributed by atoms with E-state index in [0.717, 1.165) is 0 Å². The van der Waals surface area contributed by atoms with Gasteiger partial charge in [0.15, 0.2) is 12.2 Å². The molecule has 0 aromatic rings. The smallest absolute Gasteiger partial charge is 0.470 e. The van der Waals surface area contributed by atoms with Crippen LogP contribution in [-0.2, 0) is 27.8 Å². The van der Waals surface area contributed by atoms with Gasteiger partial charge in [0, 0.05) is 0 Å². The number of aliphatic hydroxyl groups excluding tert-OH is 8. The maximum atomic E-state index is 10.6. The average Bonchev–Trinajstić information content (AvgIpc) is 2.71. The fourth-order valence-electron chi connectivity index (χ4n) is 1.75. The van der Waals surface area contributed by atoms with Crippen molar-refractivity contribution < 1.29 is 98.4 Å². The van der Waals surface area contributed by atoms with E-state index in [-0.39, 0.29) is 0 Å². The number of phosphoric acid groups is 2. The van der Waals surface area contributed by atoms with Crippen molar-refractivity contribution in [3.63, 3.8) is 0 Å². The lowest BCUT2D eigenvalue weighted by Gasteiger charge is -2.26. The Morgan fingerprint density at radius 2 is 1.12 bits per heavy atom. The van der Waals surface area contributed by atoms with Crippen LogP contribution in [0.3, 0.4) is 0 Å². The van der Waals surface area contributed by atoms with Crippen molar-refractivity contribution in [2.75, 3.05) is 13.2 Å². The van der Waals surface area contributed by atoms with Gasteiger partial charge in [0.25, 0.3) is 0 Å². The van der Waals surface area contributed by atoms with E-state index in [2.05, 4.69) is 9.05 Å². The summed E-state index contributed by atoms with van der Waals surface area (Å²) < 4.78 is 28.2. The number of rotatable bonds is 14. The minimum Gasteiger partial charge on any atom is -0.479 e. The molecule has 0 aromatic carbocycles. The van der Waals surface area contributed by atoms with Crippen LogP contribution in [0.5, 0.6) is 0 Å². The van der Waals surface area contributed by atoms with Crippen molar-refractivity contribution in [3.05, 3.63) is 0 Å². The second kappa shape index (κ2) is 15.1. The number of aliphatic hydroxyl groups is 8. The van der Waals surface area contributed by atoms with E-state index < -0.39 is 89.6 Å². The van der Waals surface area contributed by atoms with Gasteiger partial charge < -0.3 is 70.6 Å².